The van der Waals surface area contributed by atoms with Crippen molar-refractivity contribution >= 4 is 11.6 Å². The Bertz CT molecular complexity index is 766. The van der Waals surface area contributed by atoms with Crippen molar-refractivity contribution in [2.75, 3.05) is 26.9 Å². The molecule has 1 unspecified atom stereocenters. The minimum absolute atomic E-state index is 0.141. The van der Waals surface area contributed by atoms with Crippen molar-refractivity contribution in [2.24, 2.45) is 0 Å². The molecule has 6 heteroatoms. The third kappa shape index (κ3) is 4.17. The van der Waals surface area contributed by atoms with E-state index in [1.165, 1.54) is 0 Å². The molecule has 0 radical (unpaired) electrons. The molecule has 0 spiro atoms. The number of hydrogen-bond acceptors (Lipinski definition) is 5. The summed E-state index contributed by atoms with van der Waals surface area (Å²) in [5.41, 5.74) is 2.17. The molecule has 0 aliphatic carbocycles. The van der Waals surface area contributed by atoms with Crippen LogP contribution in [0, 0.1) is 0 Å². The van der Waals surface area contributed by atoms with Crippen LogP contribution >= 0.6 is 11.6 Å². The van der Waals surface area contributed by atoms with Crippen molar-refractivity contribution in [3.05, 3.63) is 46.5 Å². The number of ether oxygens (including phenoxy) is 4. The molecule has 1 N–H and O–H groups in total. The predicted molar refractivity (Wildman–Crippen MR) is 102 cm³/mol. The molecule has 2 aromatic carbocycles. The molecule has 26 heavy (non-hydrogen) atoms. The first kappa shape index (κ1) is 18.7. The van der Waals surface area contributed by atoms with E-state index < -0.39 is 0 Å². The molecule has 1 aliphatic rings. The fraction of sp³-hybridized carbons (Fsp3) is 0.400. The maximum absolute atomic E-state index is 6.32. The molecular formula is C20H24ClNO4. The van der Waals surface area contributed by atoms with Crippen LogP contribution in [-0.2, 0) is 6.54 Å². The van der Waals surface area contributed by atoms with Crippen LogP contribution in [0.25, 0.3) is 0 Å². The second kappa shape index (κ2) is 8.52. The summed E-state index contributed by atoms with van der Waals surface area (Å²) >= 11 is 6.32. The van der Waals surface area contributed by atoms with Gasteiger partial charge in [-0.25, -0.2) is 0 Å². The summed E-state index contributed by atoms with van der Waals surface area (Å²) in [4.78, 5) is 0. The summed E-state index contributed by atoms with van der Waals surface area (Å²) in [6.07, 6.45) is 0. The van der Waals surface area contributed by atoms with E-state index >= 15 is 0 Å². The van der Waals surface area contributed by atoms with E-state index in [1.54, 1.807) is 7.11 Å². The van der Waals surface area contributed by atoms with Crippen LogP contribution in [0.4, 0.5) is 0 Å². The Kier molecular flexibility index (Phi) is 6.12. The van der Waals surface area contributed by atoms with Gasteiger partial charge in [-0.1, -0.05) is 17.7 Å². The van der Waals surface area contributed by atoms with Gasteiger partial charge >= 0.3 is 0 Å². The molecule has 0 amide bonds. The summed E-state index contributed by atoms with van der Waals surface area (Å²) in [6, 6.07) is 10.0. The van der Waals surface area contributed by atoms with Gasteiger partial charge < -0.3 is 24.3 Å². The van der Waals surface area contributed by atoms with Gasteiger partial charge in [0.15, 0.2) is 23.0 Å². The molecule has 0 fully saturated rings. The second-order valence-corrected chi connectivity index (χ2v) is 6.45. The maximum atomic E-state index is 6.32. The number of benzene rings is 2. The highest BCUT2D eigenvalue weighted by Gasteiger charge is 2.15. The molecule has 0 bridgehead atoms. The van der Waals surface area contributed by atoms with Gasteiger partial charge in [0.1, 0.15) is 13.2 Å². The van der Waals surface area contributed by atoms with E-state index in [4.69, 9.17) is 30.5 Å². The lowest BCUT2D eigenvalue weighted by molar-refractivity contribution is 0.171. The fourth-order valence-corrected chi connectivity index (χ4v) is 3.21. The van der Waals surface area contributed by atoms with Crippen molar-refractivity contribution in [3.63, 3.8) is 0 Å². The molecule has 2 aromatic rings. The zero-order valence-corrected chi connectivity index (χ0v) is 16.1. The first-order valence-corrected chi connectivity index (χ1v) is 9.12. The molecule has 5 nitrogen and oxygen atoms in total. The lowest BCUT2D eigenvalue weighted by Crippen LogP contribution is -2.19. The maximum Gasteiger partial charge on any atom is 0.179 e. The number of hydrogen-bond donors (Lipinski definition) is 1. The first-order valence-electron chi connectivity index (χ1n) is 8.74. The largest absolute Gasteiger partial charge is 0.491 e. The minimum atomic E-state index is 0.141. The monoisotopic (exact) mass is 377 g/mol. The smallest absolute Gasteiger partial charge is 0.179 e. The van der Waals surface area contributed by atoms with Crippen LogP contribution in [0.3, 0.4) is 0 Å². The Hall–Kier alpha value is -2.11. The molecule has 0 saturated heterocycles. The van der Waals surface area contributed by atoms with E-state index in [1.807, 2.05) is 31.2 Å². The van der Waals surface area contributed by atoms with Crippen LogP contribution in [0.2, 0.25) is 5.02 Å². The highest BCUT2D eigenvalue weighted by Crippen LogP contribution is 2.37. The van der Waals surface area contributed by atoms with Crippen LogP contribution in [0.5, 0.6) is 23.0 Å². The second-order valence-electron chi connectivity index (χ2n) is 6.05. The number of rotatable bonds is 7. The van der Waals surface area contributed by atoms with Gasteiger partial charge in [-0.05, 0) is 49.2 Å². The minimum Gasteiger partial charge on any atom is -0.491 e. The Balaban J connectivity index is 1.70. The number of fused-ring (bicyclic) bond motifs is 1. The molecule has 1 aliphatic heterocycles. The quantitative estimate of drug-likeness (QED) is 0.776. The summed E-state index contributed by atoms with van der Waals surface area (Å²) in [6.45, 7) is 6.43. The third-order valence-corrected chi connectivity index (χ3v) is 4.53. The van der Waals surface area contributed by atoms with Crippen LogP contribution in [0.15, 0.2) is 30.3 Å². The highest BCUT2D eigenvalue weighted by molar-refractivity contribution is 6.32. The zero-order chi connectivity index (χ0) is 18.5. The zero-order valence-electron chi connectivity index (χ0n) is 15.3. The Morgan fingerprint density at radius 3 is 2.65 bits per heavy atom. The third-order valence-electron chi connectivity index (χ3n) is 4.25. The predicted octanol–water partition coefficient (Wildman–Crippen LogP) is 4.37. The molecule has 0 aromatic heterocycles. The van der Waals surface area contributed by atoms with Crippen molar-refractivity contribution in [2.45, 2.75) is 26.4 Å². The fourth-order valence-electron chi connectivity index (χ4n) is 2.90. The lowest BCUT2D eigenvalue weighted by Gasteiger charge is -2.21. The lowest BCUT2D eigenvalue weighted by atomic mass is 10.1. The number of halogens is 1. The summed E-state index contributed by atoms with van der Waals surface area (Å²) < 4.78 is 22.2. The van der Waals surface area contributed by atoms with Gasteiger partial charge in [-0.15, -0.1) is 0 Å². The molecule has 1 heterocycles. The molecule has 0 saturated carbocycles. The molecular weight excluding hydrogens is 354 g/mol. The summed E-state index contributed by atoms with van der Waals surface area (Å²) in [5, 5.41) is 4.05. The Labute approximate surface area is 159 Å². The van der Waals surface area contributed by atoms with E-state index in [2.05, 4.69) is 18.3 Å². The summed E-state index contributed by atoms with van der Waals surface area (Å²) in [5.74, 6) is 2.83. The van der Waals surface area contributed by atoms with Crippen LogP contribution in [-0.4, -0.2) is 26.9 Å². The Morgan fingerprint density at radius 1 is 1.15 bits per heavy atom. The highest BCUT2D eigenvalue weighted by atomic mass is 35.5. The number of methoxy groups -OCH3 is 1. The van der Waals surface area contributed by atoms with Gasteiger partial charge in [-0.2, -0.15) is 0 Å². The summed E-state index contributed by atoms with van der Waals surface area (Å²) in [7, 11) is 1.59. The van der Waals surface area contributed by atoms with E-state index in [0.29, 0.717) is 42.9 Å². The molecule has 140 valence electrons. The Morgan fingerprint density at radius 2 is 1.92 bits per heavy atom. The van der Waals surface area contributed by atoms with E-state index in [0.717, 1.165) is 22.6 Å². The van der Waals surface area contributed by atoms with Crippen LogP contribution < -0.4 is 24.3 Å². The van der Waals surface area contributed by atoms with E-state index in [-0.39, 0.29) is 6.04 Å². The van der Waals surface area contributed by atoms with E-state index in [9.17, 15) is 0 Å². The van der Waals surface area contributed by atoms with Crippen molar-refractivity contribution in [1.29, 1.82) is 0 Å². The van der Waals surface area contributed by atoms with Gasteiger partial charge in [0, 0.05) is 12.6 Å². The normalized spacial score (nSPS) is 14.0. The van der Waals surface area contributed by atoms with Gasteiger partial charge in [-0.3, -0.25) is 0 Å². The molecule has 1 atom stereocenters. The standard InChI is InChI=1S/C20H24ClNO4/c1-4-24-19-10-14(9-16(21)20(19)23-3)12-22-13(2)15-5-6-17-18(11-15)26-8-7-25-17/h5-6,9-11,13,22H,4,7-8,12H2,1-3H3. The first-order chi connectivity index (χ1) is 12.6. The van der Waals surface area contributed by atoms with Gasteiger partial charge in [0.2, 0.25) is 0 Å². The molecule has 3 rings (SSSR count). The van der Waals surface area contributed by atoms with Crippen LogP contribution in [0.1, 0.15) is 31.0 Å². The van der Waals surface area contributed by atoms with Crippen molar-refractivity contribution in [3.8, 4) is 23.0 Å². The van der Waals surface area contributed by atoms with Gasteiger partial charge in [0.05, 0.1) is 18.7 Å². The average Bonchev–Trinajstić information content (AvgIpc) is 2.66. The van der Waals surface area contributed by atoms with Gasteiger partial charge in [0.25, 0.3) is 0 Å². The average molecular weight is 378 g/mol. The number of nitrogens with one attached hydrogen (secondary N) is 1. The van der Waals surface area contributed by atoms with Crippen molar-refractivity contribution in [1.82, 2.24) is 5.32 Å². The topological polar surface area (TPSA) is 49.0 Å². The SMILES string of the molecule is CCOc1cc(CNC(C)c2ccc3c(c2)OCCO3)cc(Cl)c1OC. The van der Waals surface area contributed by atoms with Crippen molar-refractivity contribution < 1.29 is 18.9 Å².